The van der Waals surface area contributed by atoms with Crippen LogP contribution in [0.3, 0.4) is 0 Å². The first-order valence-electron chi connectivity index (χ1n) is 7.81. The molecule has 1 atom stereocenters. The van der Waals surface area contributed by atoms with Crippen molar-refractivity contribution < 1.29 is 4.79 Å². The minimum atomic E-state index is 0.0533. The summed E-state index contributed by atoms with van der Waals surface area (Å²) in [6, 6.07) is 3.71. The molecule has 118 valence electrons. The topological polar surface area (TPSA) is 79.2 Å². The maximum Gasteiger partial charge on any atom is 0.255 e. The number of amides is 1. The van der Waals surface area contributed by atoms with E-state index in [-0.39, 0.29) is 11.8 Å². The molecule has 7 nitrogen and oxygen atoms in total. The highest BCUT2D eigenvalue weighted by Gasteiger charge is 2.27. The number of pyridine rings is 1. The number of aryl methyl sites for hydroxylation is 1. The third kappa shape index (κ3) is 2.58. The van der Waals surface area contributed by atoms with Gasteiger partial charge in [0.25, 0.3) is 5.91 Å². The number of carbonyl (C=O) groups is 1. The van der Waals surface area contributed by atoms with Gasteiger partial charge in [-0.25, -0.2) is 9.97 Å². The molecule has 4 heterocycles. The first-order chi connectivity index (χ1) is 11.2. The van der Waals surface area contributed by atoms with Crippen LogP contribution in [0.1, 0.15) is 40.8 Å². The number of piperidine rings is 1. The monoisotopic (exact) mass is 310 g/mol. The Labute approximate surface area is 133 Å². The third-order valence-electron chi connectivity index (χ3n) is 4.32. The lowest BCUT2D eigenvalue weighted by atomic mass is 9.97. The van der Waals surface area contributed by atoms with Gasteiger partial charge in [0.2, 0.25) is 0 Å². The van der Waals surface area contributed by atoms with Gasteiger partial charge in [0.05, 0.1) is 5.56 Å². The number of hydrogen-bond acceptors (Lipinski definition) is 4. The smallest absolute Gasteiger partial charge is 0.255 e. The normalized spacial score (nSPS) is 18.5. The molecule has 1 saturated heterocycles. The molecular formula is C16H18N6O. The van der Waals surface area contributed by atoms with Gasteiger partial charge in [-0.15, -0.1) is 0 Å². The molecule has 0 aliphatic carbocycles. The number of nitrogens with zero attached hydrogens (tertiary/aromatic N) is 5. The molecule has 1 amide bonds. The van der Waals surface area contributed by atoms with Crippen molar-refractivity contribution in [2.45, 2.75) is 25.7 Å². The predicted molar refractivity (Wildman–Crippen MR) is 84.2 cm³/mol. The second-order valence-electron chi connectivity index (χ2n) is 5.98. The molecule has 1 fully saturated rings. The predicted octanol–water partition coefficient (Wildman–Crippen LogP) is 1.78. The van der Waals surface area contributed by atoms with E-state index in [1.165, 1.54) is 0 Å². The van der Waals surface area contributed by atoms with Gasteiger partial charge in [-0.2, -0.15) is 5.10 Å². The van der Waals surface area contributed by atoms with Gasteiger partial charge in [-0.1, -0.05) is 0 Å². The number of aromatic nitrogens is 5. The largest absolute Gasteiger partial charge is 0.338 e. The summed E-state index contributed by atoms with van der Waals surface area (Å²) < 4.78 is 1.87. The molecule has 0 spiro atoms. The highest BCUT2D eigenvalue weighted by atomic mass is 16.2. The summed E-state index contributed by atoms with van der Waals surface area (Å²) in [6.45, 7) is 3.33. The van der Waals surface area contributed by atoms with E-state index in [1.807, 2.05) is 40.8 Å². The number of aromatic amines is 1. The summed E-state index contributed by atoms with van der Waals surface area (Å²) >= 11 is 0. The quantitative estimate of drug-likeness (QED) is 0.782. The van der Waals surface area contributed by atoms with Crippen LogP contribution < -0.4 is 0 Å². The van der Waals surface area contributed by atoms with Gasteiger partial charge >= 0.3 is 0 Å². The standard InChI is InChI=1S/C16H18N6O/c1-11-18-15(20-19-11)12-3-2-7-22(9-12)16(23)13-4-5-14-17-6-8-21(14)10-13/h4-6,8,10,12H,2-3,7,9H2,1H3,(H,18,19,20)/t12-/m1/s1. The highest BCUT2D eigenvalue weighted by molar-refractivity contribution is 5.94. The van der Waals surface area contributed by atoms with Gasteiger partial charge in [-0.3, -0.25) is 9.89 Å². The second kappa shape index (κ2) is 5.49. The van der Waals surface area contributed by atoms with Crippen LogP contribution in [0.5, 0.6) is 0 Å². The zero-order chi connectivity index (χ0) is 15.8. The number of nitrogens with one attached hydrogen (secondary N) is 1. The van der Waals surface area contributed by atoms with E-state index in [2.05, 4.69) is 20.2 Å². The Balaban J connectivity index is 1.55. The molecule has 0 unspecified atom stereocenters. The average Bonchev–Trinajstić information content (AvgIpc) is 3.22. The van der Waals surface area contributed by atoms with Crippen molar-refractivity contribution >= 4 is 11.6 Å². The summed E-state index contributed by atoms with van der Waals surface area (Å²) in [4.78, 5) is 23.3. The summed E-state index contributed by atoms with van der Waals surface area (Å²) in [5.74, 6) is 1.88. The van der Waals surface area contributed by atoms with Crippen molar-refractivity contribution in [2.75, 3.05) is 13.1 Å². The van der Waals surface area contributed by atoms with E-state index >= 15 is 0 Å². The Morgan fingerprint density at radius 1 is 1.39 bits per heavy atom. The van der Waals surface area contributed by atoms with E-state index in [4.69, 9.17) is 0 Å². The number of rotatable bonds is 2. The Hall–Kier alpha value is -2.70. The van der Waals surface area contributed by atoms with Crippen molar-refractivity contribution in [2.24, 2.45) is 0 Å². The van der Waals surface area contributed by atoms with Gasteiger partial charge in [0.1, 0.15) is 11.5 Å². The molecule has 3 aromatic rings. The molecule has 1 aliphatic rings. The number of carbonyl (C=O) groups excluding carboxylic acids is 1. The van der Waals surface area contributed by atoms with Crippen LogP contribution in [0.15, 0.2) is 30.7 Å². The van der Waals surface area contributed by atoms with Crippen molar-refractivity contribution in [3.8, 4) is 0 Å². The lowest BCUT2D eigenvalue weighted by Crippen LogP contribution is -2.39. The van der Waals surface area contributed by atoms with E-state index < -0.39 is 0 Å². The van der Waals surface area contributed by atoms with Crippen LogP contribution >= 0.6 is 0 Å². The number of likely N-dealkylation sites (tertiary alicyclic amines) is 1. The summed E-state index contributed by atoms with van der Waals surface area (Å²) in [7, 11) is 0. The zero-order valence-corrected chi connectivity index (χ0v) is 12.9. The second-order valence-corrected chi connectivity index (χ2v) is 5.98. The number of imidazole rings is 1. The Morgan fingerprint density at radius 2 is 2.30 bits per heavy atom. The third-order valence-corrected chi connectivity index (χ3v) is 4.32. The highest BCUT2D eigenvalue weighted by Crippen LogP contribution is 2.25. The number of fused-ring (bicyclic) bond motifs is 1. The fourth-order valence-corrected chi connectivity index (χ4v) is 3.14. The SMILES string of the molecule is Cc1nc([C@@H]2CCCN(C(=O)c3ccc4nccn4c3)C2)n[nH]1. The molecule has 0 bridgehead atoms. The van der Waals surface area contributed by atoms with Crippen molar-refractivity contribution in [3.05, 3.63) is 47.9 Å². The first-order valence-corrected chi connectivity index (χ1v) is 7.81. The lowest BCUT2D eigenvalue weighted by molar-refractivity contribution is 0.0704. The van der Waals surface area contributed by atoms with Crippen LogP contribution in [0.25, 0.3) is 5.65 Å². The minimum Gasteiger partial charge on any atom is -0.338 e. The lowest BCUT2D eigenvalue weighted by Gasteiger charge is -2.31. The van der Waals surface area contributed by atoms with Gasteiger partial charge in [-0.05, 0) is 31.9 Å². The van der Waals surface area contributed by atoms with Crippen molar-refractivity contribution in [1.82, 2.24) is 29.5 Å². The molecule has 0 radical (unpaired) electrons. The van der Waals surface area contributed by atoms with Gasteiger partial charge in [0, 0.05) is 37.6 Å². The molecule has 0 aromatic carbocycles. The van der Waals surface area contributed by atoms with Gasteiger partial charge in [0.15, 0.2) is 5.82 Å². The van der Waals surface area contributed by atoms with Crippen LogP contribution in [-0.4, -0.2) is 48.5 Å². The fraction of sp³-hybridized carbons (Fsp3) is 0.375. The molecule has 1 N–H and O–H groups in total. The molecule has 23 heavy (non-hydrogen) atoms. The Morgan fingerprint density at radius 3 is 3.13 bits per heavy atom. The Kier molecular flexibility index (Phi) is 3.33. The van der Waals surface area contributed by atoms with Crippen molar-refractivity contribution in [3.63, 3.8) is 0 Å². The van der Waals surface area contributed by atoms with Crippen molar-refractivity contribution in [1.29, 1.82) is 0 Å². The summed E-state index contributed by atoms with van der Waals surface area (Å²) in [5.41, 5.74) is 1.52. The van der Waals surface area contributed by atoms with E-state index in [0.29, 0.717) is 12.1 Å². The maximum absolute atomic E-state index is 12.8. The van der Waals surface area contributed by atoms with Crippen LogP contribution in [0.4, 0.5) is 0 Å². The van der Waals surface area contributed by atoms with E-state index in [9.17, 15) is 4.79 Å². The van der Waals surface area contributed by atoms with Crippen LogP contribution in [0.2, 0.25) is 0 Å². The average molecular weight is 310 g/mol. The first kappa shape index (κ1) is 13.9. The fourth-order valence-electron chi connectivity index (χ4n) is 3.14. The number of H-pyrrole nitrogens is 1. The zero-order valence-electron chi connectivity index (χ0n) is 12.9. The molecule has 1 aliphatic heterocycles. The maximum atomic E-state index is 12.8. The molecule has 3 aromatic heterocycles. The molecule has 4 rings (SSSR count). The van der Waals surface area contributed by atoms with E-state index in [1.54, 1.807) is 6.20 Å². The van der Waals surface area contributed by atoms with E-state index in [0.717, 1.165) is 36.7 Å². The van der Waals surface area contributed by atoms with Crippen LogP contribution in [-0.2, 0) is 0 Å². The van der Waals surface area contributed by atoms with Gasteiger partial charge < -0.3 is 9.30 Å². The Bertz CT molecular complexity index is 851. The van der Waals surface area contributed by atoms with Crippen LogP contribution in [0, 0.1) is 6.92 Å². The number of hydrogen-bond donors (Lipinski definition) is 1. The summed E-state index contributed by atoms with van der Waals surface area (Å²) in [6.07, 6.45) is 7.40. The molecule has 7 heteroatoms. The minimum absolute atomic E-state index is 0.0533. The molecular weight excluding hydrogens is 292 g/mol. The summed E-state index contributed by atoms with van der Waals surface area (Å²) in [5, 5.41) is 7.14. The molecule has 0 saturated carbocycles.